The highest BCUT2D eigenvalue weighted by Gasteiger charge is 2.23. The number of ketones is 3. The van der Waals surface area contributed by atoms with Crippen LogP contribution in [-0.4, -0.2) is 171 Å². The zero-order chi connectivity index (χ0) is 63.7. The van der Waals surface area contributed by atoms with Gasteiger partial charge in [0, 0.05) is 40.4 Å². The quantitative estimate of drug-likeness (QED) is 0.0215. The summed E-state index contributed by atoms with van der Waals surface area (Å²) in [5.74, 6) is 0.403. The predicted octanol–water partition coefficient (Wildman–Crippen LogP) is 8.76. The first-order chi connectivity index (χ1) is 41.7. The molecule has 18 nitrogen and oxygen atoms in total. The van der Waals surface area contributed by atoms with Gasteiger partial charge in [-0.3, -0.25) is 14.4 Å². The van der Waals surface area contributed by atoms with E-state index in [1.807, 2.05) is 166 Å². The number of methoxy groups -OCH3 is 3. The minimum Gasteiger partial charge on any atom is -0.497 e. The third kappa shape index (κ3) is 27.6. The Morgan fingerprint density at radius 3 is 0.770 bits per heavy atom. The van der Waals surface area contributed by atoms with Gasteiger partial charge in [-0.05, 0) is 169 Å². The Labute approximate surface area is 513 Å². The molecule has 18 heteroatoms. The van der Waals surface area contributed by atoms with Crippen LogP contribution >= 0.6 is 0 Å². The molecule has 0 saturated heterocycles. The zero-order valence-electron chi connectivity index (χ0n) is 52.5. The van der Waals surface area contributed by atoms with Gasteiger partial charge in [0.15, 0.2) is 0 Å². The van der Waals surface area contributed by atoms with Crippen LogP contribution in [0, 0.1) is 0 Å². The maximum atomic E-state index is 11.7. The van der Waals surface area contributed by atoms with E-state index in [-0.39, 0.29) is 19.8 Å². The highest BCUT2D eigenvalue weighted by atomic mass is 16.6. The first kappa shape index (κ1) is 70.9. The molecule has 0 aliphatic heterocycles. The second kappa shape index (κ2) is 38.5. The van der Waals surface area contributed by atoms with Crippen LogP contribution in [0.1, 0.15) is 54.2 Å². The molecule has 6 rings (SSSR count). The van der Waals surface area contributed by atoms with Gasteiger partial charge < -0.3 is 57.3 Å². The van der Waals surface area contributed by atoms with Crippen LogP contribution < -0.4 is 28.4 Å². The maximum Gasteiger partial charge on any atom is 0.374 e. The number of hydrogen-bond donors (Lipinski definition) is 0. The lowest BCUT2D eigenvalue weighted by Gasteiger charge is -2.22. The molecule has 0 amide bonds. The first-order valence-corrected chi connectivity index (χ1v) is 28.8. The Morgan fingerprint density at radius 2 is 0.563 bits per heavy atom. The Kier molecular flexibility index (Phi) is 31.3. The van der Waals surface area contributed by atoms with Crippen molar-refractivity contribution in [3.8, 4) is 34.5 Å². The molecule has 0 bridgehead atoms. The Morgan fingerprint density at radius 1 is 0.333 bits per heavy atom. The second-order valence-electron chi connectivity index (χ2n) is 21.3. The standard InChI is InChI=1S/3C23H29NO5/c3*1-17(25)23(26)29-21(15-24(2)3)16-28-22-8-6-5-7-19(22)12-9-18-10-13-20(27-4)14-11-18/h3*5-8,10-11,13-14,21H,9,12,15-16H2,1-4H3/t2*21-;/m10./s1. The molecular weight excluding hydrogens is 1110 g/mol. The van der Waals surface area contributed by atoms with E-state index in [9.17, 15) is 28.8 Å². The number of carbonyl (C=O) groups is 6. The lowest BCUT2D eigenvalue weighted by atomic mass is 10.0. The topological polar surface area (TPSA) is 195 Å². The van der Waals surface area contributed by atoms with E-state index >= 15 is 0 Å². The third-order valence-corrected chi connectivity index (χ3v) is 13.1. The number of benzene rings is 6. The van der Waals surface area contributed by atoms with E-state index in [1.54, 1.807) is 21.3 Å². The molecular formula is C69H87N3O15. The summed E-state index contributed by atoms with van der Waals surface area (Å²) >= 11 is 0. The Hall–Kier alpha value is -8.58. The number of nitrogens with zero attached hydrogens (tertiary/aromatic N) is 3. The highest BCUT2D eigenvalue weighted by Crippen LogP contribution is 2.25. The fraction of sp³-hybridized carbons (Fsp3) is 0.391. The van der Waals surface area contributed by atoms with E-state index in [4.69, 9.17) is 42.6 Å². The fourth-order valence-electron chi connectivity index (χ4n) is 8.61. The molecule has 87 heavy (non-hydrogen) atoms. The summed E-state index contributed by atoms with van der Waals surface area (Å²) in [5.41, 5.74) is 6.85. The highest BCUT2D eigenvalue weighted by molar-refractivity contribution is 6.33. The molecule has 6 aromatic rings. The fourth-order valence-corrected chi connectivity index (χ4v) is 8.61. The molecule has 0 aromatic heterocycles. The van der Waals surface area contributed by atoms with Crippen molar-refractivity contribution >= 4 is 35.3 Å². The van der Waals surface area contributed by atoms with Crippen LogP contribution in [0.2, 0.25) is 0 Å². The maximum absolute atomic E-state index is 11.7. The largest absolute Gasteiger partial charge is 0.497 e. The summed E-state index contributed by atoms with van der Waals surface area (Å²) in [5, 5.41) is 0. The smallest absolute Gasteiger partial charge is 0.374 e. The summed E-state index contributed by atoms with van der Waals surface area (Å²) in [4.78, 5) is 74.3. The molecule has 0 aliphatic carbocycles. The molecule has 0 saturated carbocycles. The Balaban J connectivity index is 0.000000279. The summed E-state index contributed by atoms with van der Waals surface area (Å²) in [6.07, 6.45) is 3.44. The summed E-state index contributed by atoms with van der Waals surface area (Å²) in [6.45, 7) is 5.52. The minimum absolute atomic E-state index is 0.177. The zero-order valence-corrected chi connectivity index (χ0v) is 52.5. The van der Waals surface area contributed by atoms with Crippen molar-refractivity contribution in [2.24, 2.45) is 0 Å². The van der Waals surface area contributed by atoms with Gasteiger partial charge in [0.25, 0.3) is 0 Å². The van der Waals surface area contributed by atoms with Crippen molar-refractivity contribution in [2.45, 2.75) is 77.6 Å². The first-order valence-electron chi connectivity index (χ1n) is 28.8. The van der Waals surface area contributed by atoms with Gasteiger partial charge in [0.2, 0.25) is 17.3 Å². The van der Waals surface area contributed by atoms with E-state index in [1.165, 1.54) is 37.5 Å². The van der Waals surface area contributed by atoms with Gasteiger partial charge in [-0.15, -0.1) is 0 Å². The van der Waals surface area contributed by atoms with Gasteiger partial charge in [-0.25, -0.2) is 14.4 Å². The molecule has 0 aliphatic rings. The van der Waals surface area contributed by atoms with E-state index in [0.29, 0.717) is 19.6 Å². The van der Waals surface area contributed by atoms with Crippen molar-refractivity contribution in [3.05, 3.63) is 179 Å². The van der Waals surface area contributed by atoms with Gasteiger partial charge in [-0.2, -0.15) is 0 Å². The number of ether oxygens (including phenoxy) is 9. The van der Waals surface area contributed by atoms with Gasteiger partial charge in [0.05, 0.1) is 21.3 Å². The monoisotopic (exact) mass is 1200 g/mol. The number of para-hydroxylation sites is 3. The van der Waals surface area contributed by atoms with Gasteiger partial charge in [0.1, 0.15) is 72.6 Å². The van der Waals surface area contributed by atoms with Crippen LogP contribution in [0.5, 0.6) is 34.5 Å². The summed E-state index contributed by atoms with van der Waals surface area (Å²) in [7, 11) is 16.2. The van der Waals surface area contributed by atoms with E-state index in [2.05, 4.69) is 36.4 Å². The predicted molar refractivity (Wildman–Crippen MR) is 334 cm³/mol. The SMILES string of the molecule is COc1ccc(CCc2ccccc2OCC(CN(C)C)OC(=O)C(C)=O)cc1.COc1ccc(CCc2ccccc2OC[C@@H](CN(C)C)OC(=O)C(C)=O)cc1.COc1ccc(CCc2ccccc2OC[C@H](CN(C)C)OC(=O)C(C)=O)cc1. The number of carbonyl (C=O) groups excluding carboxylic acids is 6. The van der Waals surface area contributed by atoms with Crippen LogP contribution in [0.25, 0.3) is 0 Å². The summed E-state index contributed by atoms with van der Waals surface area (Å²) in [6, 6.07) is 47.5. The molecule has 6 aromatic carbocycles. The van der Waals surface area contributed by atoms with Crippen molar-refractivity contribution in [3.63, 3.8) is 0 Å². The molecule has 468 valence electrons. The molecule has 0 fully saturated rings. The van der Waals surface area contributed by atoms with Crippen molar-refractivity contribution in [1.29, 1.82) is 0 Å². The van der Waals surface area contributed by atoms with Crippen molar-refractivity contribution in [2.75, 3.05) is 103 Å². The van der Waals surface area contributed by atoms with Crippen molar-refractivity contribution in [1.82, 2.24) is 14.7 Å². The lowest BCUT2D eigenvalue weighted by Crippen LogP contribution is -2.36. The second-order valence-corrected chi connectivity index (χ2v) is 21.3. The number of Topliss-reactive ketones (excluding diaryl/α,β-unsaturated/α-hetero) is 3. The van der Waals surface area contributed by atoms with Crippen LogP contribution in [0.3, 0.4) is 0 Å². The van der Waals surface area contributed by atoms with Gasteiger partial charge in [-0.1, -0.05) is 91.0 Å². The number of likely N-dealkylation sites (N-methyl/N-ethyl adjacent to an activating group) is 3. The minimum atomic E-state index is -0.840. The average molecular weight is 1200 g/mol. The molecule has 0 radical (unpaired) electrons. The van der Waals surface area contributed by atoms with Crippen LogP contribution in [0.15, 0.2) is 146 Å². The van der Waals surface area contributed by atoms with E-state index < -0.39 is 53.6 Å². The van der Waals surface area contributed by atoms with Crippen molar-refractivity contribution < 1.29 is 71.4 Å². The van der Waals surface area contributed by atoms with Gasteiger partial charge >= 0.3 is 17.9 Å². The van der Waals surface area contributed by atoms with E-state index in [0.717, 1.165) is 89.7 Å². The molecule has 3 atom stereocenters. The molecule has 0 heterocycles. The molecule has 0 spiro atoms. The Bertz CT molecular complexity index is 2730. The summed E-state index contributed by atoms with van der Waals surface area (Å²) < 4.78 is 49.3. The number of esters is 3. The lowest BCUT2D eigenvalue weighted by molar-refractivity contribution is -0.158. The molecule has 0 N–H and O–H groups in total. The van der Waals surface area contributed by atoms with Crippen LogP contribution in [0.4, 0.5) is 0 Å². The number of aryl methyl sites for hydroxylation is 6. The number of rotatable bonds is 33. The molecule has 1 unspecified atom stereocenters. The van der Waals surface area contributed by atoms with Crippen LogP contribution in [-0.2, 0) is 81.5 Å². The average Bonchev–Trinajstić information content (AvgIpc) is 3.71. The number of hydrogen-bond acceptors (Lipinski definition) is 18. The third-order valence-electron chi connectivity index (χ3n) is 13.1. The normalized spacial score (nSPS) is 11.8.